The molecular formula is C15H22F2N2O. The standard InChI is InChI=1S/C15H22F2N2O/c1-9-4-12(7-19-6-11(3)13(18)8-19)14(5-10(9)2)20-15(16)17/h4-5,11,13,15H,6-8,18H2,1-3H3. The molecule has 0 aromatic heterocycles. The lowest BCUT2D eigenvalue weighted by Crippen LogP contribution is -2.28. The van der Waals surface area contributed by atoms with E-state index in [0.29, 0.717) is 12.5 Å². The van der Waals surface area contributed by atoms with E-state index in [-0.39, 0.29) is 11.8 Å². The van der Waals surface area contributed by atoms with Gasteiger partial charge in [0.25, 0.3) is 0 Å². The van der Waals surface area contributed by atoms with E-state index in [0.717, 1.165) is 29.8 Å². The van der Waals surface area contributed by atoms with Crippen LogP contribution < -0.4 is 10.5 Å². The summed E-state index contributed by atoms with van der Waals surface area (Å²) in [5.74, 6) is 0.706. The van der Waals surface area contributed by atoms with Crippen molar-refractivity contribution < 1.29 is 13.5 Å². The Hall–Kier alpha value is -1.20. The number of alkyl halides is 2. The fourth-order valence-corrected chi connectivity index (χ4v) is 2.64. The SMILES string of the molecule is Cc1cc(CN2CC(C)C(N)C2)c(OC(F)F)cc1C. The maximum Gasteiger partial charge on any atom is 0.387 e. The molecular weight excluding hydrogens is 262 g/mol. The first kappa shape index (κ1) is 15.2. The molecule has 1 aromatic rings. The molecule has 2 N–H and O–H groups in total. The fourth-order valence-electron chi connectivity index (χ4n) is 2.64. The normalized spacial score (nSPS) is 23.6. The van der Waals surface area contributed by atoms with Gasteiger partial charge in [-0.3, -0.25) is 4.90 Å². The van der Waals surface area contributed by atoms with Crippen molar-refractivity contribution in [2.24, 2.45) is 11.7 Å². The summed E-state index contributed by atoms with van der Waals surface area (Å²) in [6.07, 6.45) is 0. The third kappa shape index (κ3) is 3.46. The van der Waals surface area contributed by atoms with Crippen molar-refractivity contribution in [3.8, 4) is 5.75 Å². The third-order valence-electron chi connectivity index (χ3n) is 4.03. The highest BCUT2D eigenvalue weighted by atomic mass is 19.3. The van der Waals surface area contributed by atoms with Crippen LogP contribution in [0.1, 0.15) is 23.6 Å². The van der Waals surface area contributed by atoms with Gasteiger partial charge < -0.3 is 10.5 Å². The molecule has 2 atom stereocenters. The van der Waals surface area contributed by atoms with Crippen molar-refractivity contribution in [3.05, 3.63) is 28.8 Å². The molecule has 20 heavy (non-hydrogen) atoms. The van der Waals surface area contributed by atoms with Crippen LogP contribution in [0.15, 0.2) is 12.1 Å². The molecule has 3 nitrogen and oxygen atoms in total. The van der Waals surface area contributed by atoms with Crippen molar-refractivity contribution in [2.45, 2.75) is 40.0 Å². The number of nitrogens with two attached hydrogens (primary N) is 1. The molecule has 1 saturated heterocycles. The van der Waals surface area contributed by atoms with E-state index in [9.17, 15) is 8.78 Å². The molecule has 0 saturated carbocycles. The van der Waals surface area contributed by atoms with E-state index in [2.05, 4.69) is 16.6 Å². The monoisotopic (exact) mass is 284 g/mol. The average Bonchev–Trinajstić information content (AvgIpc) is 2.64. The van der Waals surface area contributed by atoms with Crippen LogP contribution in [0.5, 0.6) is 5.75 Å². The molecule has 1 fully saturated rings. The summed E-state index contributed by atoms with van der Waals surface area (Å²) in [5, 5.41) is 0. The summed E-state index contributed by atoms with van der Waals surface area (Å²) >= 11 is 0. The zero-order valence-corrected chi connectivity index (χ0v) is 12.2. The smallest absolute Gasteiger partial charge is 0.387 e. The minimum Gasteiger partial charge on any atom is -0.434 e. The molecule has 0 spiro atoms. The average molecular weight is 284 g/mol. The summed E-state index contributed by atoms with van der Waals surface area (Å²) in [6, 6.07) is 3.78. The van der Waals surface area contributed by atoms with Crippen molar-refractivity contribution in [1.82, 2.24) is 4.90 Å². The van der Waals surface area contributed by atoms with Crippen LogP contribution in [0, 0.1) is 19.8 Å². The number of likely N-dealkylation sites (tertiary alicyclic amines) is 1. The first-order valence-corrected chi connectivity index (χ1v) is 6.89. The number of hydrogen-bond acceptors (Lipinski definition) is 3. The Morgan fingerprint density at radius 1 is 1.30 bits per heavy atom. The highest BCUT2D eigenvalue weighted by Gasteiger charge is 2.27. The van der Waals surface area contributed by atoms with Crippen LogP contribution in [-0.2, 0) is 6.54 Å². The molecule has 1 aromatic carbocycles. The van der Waals surface area contributed by atoms with Crippen LogP contribution in [0.25, 0.3) is 0 Å². The molecule has 1 heterocycles. The maximum atomic E-state index is 12.5. The molecule has 0 amide bonds. The van der Waals surface area contributed by atoms with Gasteiger partial charge in [0.2, 0.25) is 0 Å². The molecule has 112 valence electrons. The molecule has 2 rings (SSSR count). The van der Waals surface area contributed by atoms with Crippen molar-refractivity contribution in [3.63, 3.8) is 0 Å². The zero-order chi connectivity index (χ0) is 14.9. The Balaban J connectivity index is 2.19. The lowest BCUT2D eigenvalue weighted by atomic mass is 10.0. The summed E-state index contributed by atoms with van der Waals surface area (Å²) in [7, 11) is 0. The molecule has 5 heteroatoms. The van der Waals surface area contributed by atoms with Crippen LogP contribution in [0.3, 0.4) is 0 Å². The molecule has 2 unspecified atom stereocenters. The summed E-state index contributed by atoms with van der Waals surface area (Å²) in [4.78, 5) is 2.19. The Labute approximate surface area is 118 Å². The van der Waals surface area contributed by atoms with E-state index < -0.39 is 6.61 Å². The Morgan fingerprint density at radius 2 is 1.95 bits per heavy atom. The van der Waals surface area contributed by atoms with Crippen molar-refractivity contribution in [2.75, 3.05) is 13.1 Å². The van der Waals surface area contributed by atoms with E-state index in [1.165, 1.54) is 0 Å². The Morgan fingerprint density at radius 3 is 2.50 bits per heavy atom. The van der Waals surface area contributed by atoms with Gasteiger partial charge in [0, 0.05) is 31.2 Å². The molecule has 0 aliphatic carbocycles. The number of rotatable bonds is 4. The Kier molecular flexibility index (Phi) is 4.60. The summed E-state index contributed by atoms with van der Waals surface area (Å²) < 4.78 is 29.7. The van der Waals surface area contributed by atoms with E-state index in [4.69, 9.17) is 5.73 Å². The quantitative estimate of drug-likeness (QED) is 0.924. The van der Waals surface area contributed by atoms with Crippen molar-refractivity contribution in [1.29, 1.82) is 0 Å². The van der Waals surface area contributed by atoms with Gasteiger partial charge in [-0.1, -0.05) is 13.0 Å². The molecule has 1 aliphatic heterocycles. The molecule has 1 aliphatic rings. The van der Waals surface area contributed by atoms with Gasteiger partial charge in [-0.25, -0.2) is 0 Å². The second-order valence-corrected chi connectivity index (χ2v) is 5.76. The van der Waals surface area contributed by atoms with Crippen LogP contribution in [0.4, 0.5) is 8.78 Å². The van der Waals surface area contributed by atoms with Gasteiger partial charge in [-0.05, 0) is 37.0 Å². The van der Waals surface area contributed by atoms with Crippen LogP contribution in [0.2, 0.25) is 0 Å². The third-order valence-corrected chi connectivity index (χ3v) is 4.03. The minimum absolute atomic E-state index is 0.154. The number of benzene rings is 1. The predicted molar refractivity (Wildman–Crippen MR) is 75.0 cm³/mol. The van der Waals surface area contributed by atoms with Crippen LogP contribution in [-0.4, -0.2) is 30.6 Å². The summed E-state index contributed by atoms with van der Waals surface area (Å²) in [6.45, 7) is 5.47. The van der Waals surface area contributed by atoms with Crippen LogP contribution >= 0.6 is 0 Å². The van der Waals surface area contributed by atoms with Gasteiger partial charge in [0.05, 0.1) is 0 Å². The zero-order valence-electron chi connectivity index (χ0n) is 12.2. The van der Waals surface area contributed by atoms with Gasteiger partial charge in [0.1, 0.15) is 5.75 Å². The largest absolute Gasteiger partial charge is 0.434 e. The predicted octanol–water partition coefficient (Wildman–Crippen LogP) is 2.68. The highest BCUT2D eigenvalue weighted by molar-refractivity contribution is 5.41. The number of nitrogens with zero attached hydrogens (tertiary/aromatic N) is 1. The Bertz CT molecular complexity index is 469. The summed E-state index contributed by atoms with van der Waals surface area (Å²) in [5.41, 5.74) is 8.84. The first-order chi connectivity index (χ1) is 9.36. The number of hydrogen-bond donors (Lipinski definition) is 1. The number of halogens is 2. The molecule has 0 bridgehead atoms. The second-order valence-electron chi connectivity index (χ2n) is 5.76. The topological polar surface area (TPSA) is 38.5 Å². The highest BCUT2D eigenvalue weighted by Crippen LogP contribution is 2.28. The van der Waals surface area contributed by atoms with Gasteiger partial charge in [-0.2, -0.15) is 8.78 Å². The lowest BCUT2D eigenvalue weighted by Gasteiger charge is -2.19. The lowest BCUT2D eigenvalue weighted by molar-refractivity contribution is -0.0507. The fraction of sp³-hybridized carbons (Fsp3) is 0.600. The maximum absolute atomic E-state index is 12.5. The second kappa shape index (κ2) is 6.06. The van der Waals surface area contributed by atoms with E-state index in [1.807, 2.05) is 19.9 Å². The first-order valence-electron chi connectivity index (χ1n) is 6.89. The number of aryl methyl sites for hydroxylation is 2. The minimum atomic E-state index is -2.80. The van der Waals surface area contributed by atoms with E-state index >= 15 is 0 Å². The van der Waals surface area contributed by atoms with Gasteiger partial charge >= 0.3 is 6.61 Å². The van der Waals surface area contributed by atoms with Gasteiger partial charge in [-0.15, -0.1) is 0 Å². The van der Waals surface area contributed by atoms with Crippen molar-refractivity contribution >= 4 is 0 Å². The molecule has 0 radical (unpaired) electrons. The van der Waals surface area contributed by atoms with E-state index in [1.54, 1.807) is 6.07 Å². The number of ether oxygens (including phenoxy) is 1. The van der Waals surface area contributed by atoms with Gasteiger partial charge in [0.15, 0.2) is 0 Å².